The van der Waals surface area contributed by atoms with Crippen LogP contribution in [0.3, 0.4) is 0 Å². The van der Waals surface area contributed by atoms with Crippen molar-refractivity contribution >= 4 is 27.5 Å². The Morgan fingerprint density at radius 1 is 1.06 bits per heavy atom. The number of fused-ring (bicyclic) bond motifs is 3. The third-order valence-corrected chi connectivity index (χ3v) is 2.80. The van der Waals surface area contributed by atoms with Gasteiger partial charge in [-0.15, -0.1) is 0 Å². The number of nitrogens with two attached hydrogens (primary N) is 1. The largest absolute Gasteiger partial charge is 0.506 e. The van der Waals surface area contributed by atoms with Crippen LogP contribution in [-0.2, 0) is 0 Å². The predicted molar refractivity (Wildman–Crippen MR) is 62.7 cm³/mol. The summed E-state index contributed by atoms with van der Waals surface area (Å²) in [5.74, 6) is 0.0166. The Balaban J connectivity index is 2.72. The summed E-state index contributed by atoms with van der Waals surface area (Å²) >= 11 is 0. The Labute approximate surface area is 91.1 Å². The maximum atomic E-state index is 9.96. The van der Waals surface area contributed by atoms with E-state index in [1.165, 1.54) is 6.07 Å². The van der Waals surface area contributed by atoms with E-state index in [-0.39, 0.29) is 5.75 Å². The topological polar surface area (TPSA) is 71.4 Å². The van der Waals surface area contributed by atoms with Gasteiger partial charge in [-0.1, -0.05) is 18.2 Å². The summed E-state index contributed by atoms with van der Waals surface area (Å²) in [4.78, 5) is 0. The normalized spacial score (nSPS) is 11.2. The third-order valence-electron chi connectivity index (χ3n) is 2.80. The summed E-state index contributed by atoms with van der Waals surface area (Å²) in [7, 11) is 0. The third kappa shape index (κ3) is 0.930. The van der Waals surface area contributed by atoms with E-state index >= 15 is 0 Å². The number of para-hydroxylation sites is 1. The number of rotatable bonds is 0. The van der Waals surface area contributed by atoms with Crippen molar-refractivity contribution < 1.29 is 10.3 Å². The Bertz CT molecular complexity index is 701. The second-order valence-corrected chi connectivity index (χ2v) is 3.73. The van der Waals surface area contributed by atoms with Crippen LogP contribution in [-0.4, -0.2) is 15.0 Å². The lowest BCUT2D eigenvalue weighted by Crippen LogP contribution is -1.90. The highest BCUT2D eigenvalue weighted by molar-refractivity contribution is 6.14. The van der Waals surface area contributed by atoms with E-state index in [1.807, 2.05) is 18.2 Å². The second kappa shape index (κ2) is 2.82. The molecule has 0 aliphatic carbocycles. The second-order valence-electron chi connectivity index (χ2n) is 3.73. The van der Waals surface area contributed by atoms with E-state index in [1.54, 1.807) is 12.1 Å². The van der Waals surface area contributed by atoms with Gasteiger partial charge in [0, 0.05) is 16.5 Å². The quantitative estimate of drug-likeness (QED) is 0.305. The molecule has 4 heteroatoms. The average Bonchev–Trinajstić information content (AvgIpc) is 2.60. The summed E-state index contributed by atoms with van der Waals surface area (Å²) in [5.41, 5.74) is 7.39. The molecule has 0 saturated carbocycles. The highest BCUT2D eigenvalue weighted by atomic mass is 16.5. The van der Waals surface area contributed by atoms with E-state index in [4.69, 9.17) is 5.73 Å². The highest BCUT2D eigenvalue weighted by Crippen LogP contribution is 2.36. The Morgan fingerprint density at radius 2 is 1.81 bits per heavy atom. The molecule has 0 aliphatic rings. The van der Waals surface area contributed by atoms with Gasteiger partial charge in [-0.05, 0) is 18.2 Å². The van der Waals surface area contributed by atoms with Crippen LogP contribution in [0.15, 0.2) is 36.4 Å². The Hall–Kier alpha value is -2.36. The fourth-order valence-electron chi connectivity index (χ4n) is 2.08. The molecule has 80 valence electrons. The van der Waals surface area contributed by atoms with Gasteiger partial charge in [0.1, 0.15) is 11.3 Å². The average molecular weight is 214 g/mol. The maximum absolute atomic E-state index is 9.96. The SMILES string of the molecule is Nc1ccc(O)c2c1c1ccccc1n2O. The number of nitrogens with zero attached hydrogens (tertiary/aromatic N) is 1. The number of aromatic hydroxyl groups is 1. The van der Waals surface area contributed by atoms with Crippen LogP contribution in [0.4, 0.5) is 5.69 Å². The number of anilines is 1. The van der Waals surface area contributed by atoms with Crippen molar-refractivity contribution in [1.82, 2.24) is 4.73 Å². The van der Waals surface area contributed by atoms with E-state index in [0.29, 0.717) is 22.1 Å². The van der Waals surface area contributed by atoms with Gasteiger partial charge in [-0.3, -0.25) is 0 Å². The minimum absolute atomic E-state index is 0.0166. The molecule has 2 aromatic carbocycles. The first-order chi connectivity index (χ1) is 7.70. The number of aromatic nitrogens is 1. The van der Waals surface area contributed by atoms with Crippen molar-refractivity contribution in [3.63, 3.8) is 0 Å². The lowest BCUT2D eigenvalue weighted by Gasteiger charge is -2.00. The van der Waals surface area contributed by atoms with Gasteiger partial charge in [-0.2, -0.15) is 4.73 Å². The number of hydrogen-bond donors (Lipinski definition) is 3. The van der Waals surface area contributed by atoms with Gasteiger partial charge >= 0.3 is 0 Å². The summed E-state index contributed by atoms with van der Waals surface area (Å²) in [5, 5.41) is 21.2. The zero-order chi connectivity index (χ0) is 11.3. The molecule has 3 aromatic rings. The number of phenolic OH excluding ortho intramolecular Hbond substituents is 1. The van der Waals surface area contributed by atoms with Crippen molar-refractivity contribution in [2.75, 3.05) is 5.73 Å². The fraction of sp³-hybridized carbons (Fsp3) is 0. The van der Waals surface area contributed by atoms with Gasteiger partial charge in [0.15, 0.2) is 0 Å². The predicted octanol–water partition coefficient (Wildman–Crippen LogP) is 2.32. The lowest BCUT2D eigenvalue weighted by molar-refractivity contribution is 0.211. The maximum Gasteiger partial charge on any atom is 0.143 e. The molecule has 16 heavy (non-hydrogen) atoms. The van der Waals surface area contributed by atoms with E-state index in [9.17, 15) is 10.3 Å². The van der Waals surface area contributed by atoms with Crippen LogP contribution < -0.4 is 5.73 Å². The van der Waals surface area contributed by atoms with Gasteiger partial charge in [0.25, 0.3) is 0 Å². The molecule has 0 spiro atoms. The van der Waals surface area contributed by atoms with Crippen LogP contribution >= 0.6 is 0 Å². The van der Waals surface area contributed by atoms with Gasteiger partial charge in [0.05, 0.1) is 5.52 Å². The highest BCUT2D eigenvalue weighted by Gasteiger charge is 2.14. The molecule has 0 amide bonds. The number of nitrogen functional groups attached to an aromatic ring is 1. The first kappa shape index (κ1) is 8.91. The minimum atomic E-state index is 0.0166. The summed E-state index contributed by atoms with van der Waals surface area (Å²) < 4.78 is 0.969. The minimum Gasteiger partial charge on any atom is -0.506 e. The van der Waals surface area contributed by atoms with Crippen molar-refractivity contribution in [3.05, 3.63) is 36.4 Å². The standard InChI is InChI=1S/C12H10N2O2/c13-8-5-6-10(15)12-11(8)7-3-1-2-4-9(7)14(12)16/h1-6,15-16H,13H2. The van der Waals surface area contributed by atoms with Crippen molar-refractivity contribution in [2.45, 2.75) is 0 Å². The zero-order valence-corrected chi connectivity index (χ0v) is 8.38. The molecule has 1 aromatic heterocycles. The first-order valence-electron chi connectivity index (χ1n) is 4.90. The van der Waals surface area contributed by atoms with Gasteiger partial charge in [-0.25, -0.2) is 0 Å². The van der Waals surface area contributed by atoms with Crippen LogP contribution in [0, 0.1) is 0 Å². The van der Waals surface area contributed by atoms with Crippen molar-refractivity contribution in [3.8, 4) is 5.75 Å². The molecule has 4 N–H and O–H groups in total. The smallest absolute Gasteiger partial charge is 0.143 e. The molecular weight excluding hydrogens is 204 g/mol. The molecular formula is C12H10N2O2. The summed E-state index contributed by atoms with van der Waals surface area (Å²) in [6.07, 6.45) is 0. The van der Waals surface area contributed by atoms with Gasteiger partial charge in [0.2, 0.25) is 0 Å². The van der Waals surface area contributed by atoms with Crippen LogP contribution in [0.1, 0.15) is 0 Å². The molecule has 0 fully saturated rings. The van der Waals surface area contributed by atoms with E-state index in [0.717, 1.165) is 10.1 Å². The van der Waals surface area contributed by atoms with Crippen LogP contribution in [0.2, 0.25) is 0 Å². The molecule has 3 rings (SSSR count). The van der Waals surface area contributed by atoms with Crippen LogP contribution in [0.5, 0.6) is 5.75 Å². The Kier molecular flexibility index (Phi) is 1.57. The monoisotopic (exact) mass is 214 g/mol. The van der Waals surface area contributed by atoms with Crippen molar-refractivity contribution in [1.29, 1.82) is 0 Å². The van der Waals surface area contributed by atoms with Crippen LogP contribution in [0.25, 0.3) is 21.8 Å². The van der Waals surface area contributed by atoms with Crippen molar-refractivity contribution in [2.24, 2.45) is 0 Å². The summed E-state index contributed by atoms with van der Waals surface area (Å²) in [6, 6.07) is 10.4. The summed E-state index contributed by atoms with van der Waals surface area (Å²) in [6.45, 7) is 0. The molecule has 0 atom stereocenters. The zero-order valence-electron chi connectivity index (χ0n) is 8.38. The molecule has 1 heterocycles. The number of phenols is 1. The molecule has 0 radical (unpaired) electrons. The molecule has 0 aliphatic heterocycles. The lowest BCUT2D eigenvalue weighted by atomic mass is 10.1. The fourth-order valence-corrected chi connectivity index (χ4v) is 2.08. The van der Waals surface area contributed by atoms with Gasteiger partial charge < -0.3 is 16.0 Å². The Morgan fingerprint density at radius 3 is 2.62 bits per heavy atom. The van der Waals surface area contributed by atoms with E-state index < -0.39 is 0 Å². The van der Waals surface area contributed by atoms with E-state index in [2.05, 4.69) is 0 Å². The molecule has 0 bridgehead atoms. The molecule has 4 nitrogen and oxygen atoms in total. The first-order valence-corrected chi connectivity index (χ1v) is 4.90. The molecule has 0 unspecified atom stereocenters. The number of benzene rings is 2. The number of hydrogen-bond acceptors (Lipinski definition) is 3. The molecule has 0 saturated heterocycles.